The Morgan fingerprint density at radius 3 is 2.62 bits per heavy atom. The summed E-state index contributed by atoms with van der Waals surface area (Å²) in [4.78, 5) is 47.1. The second-order valence-corrected chi connectivity index (χ2v) is 4.79. The number of likely N-dealkylation sites (tertiary alicyclic amines) is 1. The monoisotopic (exact) mass is 300 g/mol. The Morgan fingerprint density at radius 2 is 2.05 bits per heavy atom. The van der Waals surface area contributed by atoms with Gasteiger partial charge in [0, 0.05) is 6.54 Å². The Morgan fingerprint density at radius 1 is 1.38 bits per heavy atom. The SMILES string of the molecule is CC(NC(=O)C1CCCN1C(=O)CNC(=O)CN)C(=O)O. The van der Waals surface area contributed by atoms with E-state index in [1.165, 1.54) is 11.8 Å². The molecule has 1 fully saturated rings. The highest BCUT2D eigenvalue weighted by Gasteiger charge is 2.34. The van der Waals surface area contributed by atoms with E-state index in [-0.39, 0.29) is 13.1 Å². The van der Waals surface area contributed by atoms with Crippen LogP contribution in [0.1, 0.15) is 19.8 Å². The highest BCUT2D eigenvalue weighted by Crippen LogP contribution is 2.17. The Hall–Kier alpha value is -2.16. The molecule has 1 heterocycles. The van der Waals surface area contributed by atoms with Crippen molar-refractivity contribution < 1.29 is 24.3 Å². The second-order valence-electron chi connectivity index (χ2n) is 4.79. The average Bonchev–Trinajstić information content (AvgIpc) is 2.93. The van der Waals surface area contributed by atoms with E-state index in [0.29, 0.717) is 19.4 Å². The summed E-state index contributed by atoms with van der Waals surface area (Å²) in [5.41, 5.74) is 5.11. The molecule has 1 saturated heterocycles. The maximum absolute atomic E-state index is 12.0. The number of hydrogen-bond acceptors (Lipinski definition) is 5. The number of hydrogen-bond donors (Lipinski definition) is 4. The van der Waals surface area contributed by atoms with E-state index in [2.05, 4.69) is 10.6 Å². The third kappa shape index (κ3) is 4.71. The van der Waals surface area contributed by atoms with Crippen LogP contribution < -0.4 is 16.4 Å². The number of carbonyl (C=O) groups excluding carboxylic acids is 3. The first-order valence-electron chi connectivity index (χ1n) is 6.66. The molecule has 3 amide bonds. The van der Waals surface area contributed by atoms with Crippen LogP contribution in [0.25, 0.3) is 0 Å². The van der Waals surface area contributed by atoms with Gasteiger partial charge in [0.15, 0.2) is 0 Å². The normalized spacial score (nSPS) is 19.0. The van der Waals surface area contributed by atoms with Crippen molar-refractivity contribution in [3.63, 3.8) is 0 Å². The van der Waals surface area contributed by atoms with E-state index >= 15 is 0 Å². The first-order valence-corrected chi connectivity index (χ1v) is 6.66. The number of carbonyl (C=O) groups is 4. The van der Waals surface area contributed by atoms with Gasteiger partial charge in [-0.2, -0.15) is 0 Å². The van der Waals surface area contributed by atoms with Crippen molar-refractivity contribution >= 4 is 23.7 Å². The van der Waals surface area contributed by atoms with Gasteiger partial charge >= 0.3 is 5.97 Å². The lowest BCUT2D eigenvalue weighted by Crippen LogP contribution is -2.52. The van der Waals surface area contributed by atoms with Crippen molar-refractivity contribution in [3.05, 3.63) is 0 Å². The summed E-state index contributed by atoms with van der Waals surface area (Å²) >= 11 is 0. The summed E-state index contributed by atoms with van der Waals surface area (Å²) in [7, 11) is 0. The molecule has 9 nitrogen and oxygen atoms in total. The molecule has 2 atom stereocenters. The van der Waals surface area contributed by atoms with Crippen LogP contribution in [0.15, 0.2) is 0 Å². The smallest absolute Gasteiger partial charge is 0.325 e. The number of nitrogens with zero attached hydrogens (tertiary/aromatic N) is 1. The number of carboxylic acids is 1. The zero-order chi connectivity index (χ0) is 16.0. The van der Waals surface area contributed by atoms with Gasteiger partial charge in [-0.15, -0.1) is 0 Å². The summed E-state index contributed by atoms with van der Waals surface area (Å²) < 4.78 is 0. The lowest BCUT2D eigenvalue weighted by Gasteiger charge is -2.24. The molecule has 1 aliphatic rings. The molecule has 0 aromatic rings. The van der Waals surface area contributed by atoms with Gasteiger partial charge in [-0.25, -0.2) is 0 Å². The molecule has 2 unspecified atom stereocenters. The molecule has 0 aromatic carbocycles. The van der Waals surface area contributed by atoms with Gasteiger partial charge in [-0.1, -0.05) is 0 Å². The zero-order valence-corrected chi connectivity index (χ0v) is 11.8. The molecule has 0 aliphatic carbocycles. The highest BCUT2D eigenvalue weighted by atomic mass is 16.4. The lowest BCUT2D eigenvalue weighted by atomic mass is 10.2. The molecule has 21 heavy (non-hydrogen) atoms. The molecule has 118 valence electrons. The van der Waals surface area contributed by atoms with Crippen LogP contribution in [0.3, 0.4) is 0 Å². The Labute approximate surface area is 121 Å². The van der Waals surface area contributed by atoms with Gasteiger partial charge in [0.1, 0.15) is 12.1 Å². The molecule has 0 spiro atoms. The highest BCUT2D eigenvalue weighted by molar-refractivity contribution is 5.92. The third-order valence-corrected chi connectivity index (χ3v) is 3.23. The first-order chi connectivity index (χ1) is 9.86. The predicted octanol–water partition coefficient (Wildman–Crippen LogP) is -2.36. The van der Waals surface area contributed by atoms with Crippen LogP contribution in [0.5, 0.6) is 0 Å². The summed E-state index contributed by atoms with van der Waals surface area (Å²) in [6.07, 6.45) is 1.12. The van der Waals surface area contributed by atoms with Gasteiger partial charge in [0.25, 0.3) is 0 Å². The minimum Gasteiger partial charge on any atom is -0.480 e. The average molecular weight is 300 g/mol. The van der Waals surface area contributed by atoms with Crippen molar-refractivity contribution in [2.45, 2.75) is 31.8 Å². The standard InChI is InChI=1S/C12H20N4O5/c1-7(12(20)21)15-11(19)8-3-2-4-16(8)10(18)6-14-9(17)5-13/h7-8H,2-6,13H2,1H3,(H,14,17)(H,15,19)(H,20,21). The van der Waals surface area contributed by atoms with Crippen molar-refractivity contribution in [1.29, 1.82) is 0 Å². The van der Waals surface area contributed by atoms with Gasteiger partial charge in [0.05, 0.1) is 13.1 Å². The van der Waals surface area contributed by atoms with Crippen molar-refractivity contribution in [2.24, 2.45) is 5.73 Å². The molecule has 1 aliphatic heterocycles. The molecule has 1 rings (SSSR count). The van der Waals surface area contributed by atoms with Crippen LogP contribution in [-0.4, -0.2) is 65.4 Å². The Kier molecular flexibility index (Phi) is 6.10. The lowest BCUT2D eigenvalue weighted by molar-refractivity contribution is -0.143. The molecule has 0 saturated carbocycles. The quantitative estimate of drug-likeness (QED) is 0.432. The van der Waals surface area contributed by atoms with Gasteiger partial charge in [-0.05, 0) is 19.8 Å². The summed E-state index contributed by atoms with van der Waals surface area (Å²) in [6, 6.07) is -1.72. The van der Waals surface area contributed by atoms with E-state index in [0.717, 1.165) is 0 Å². The van der Waals surface area contributed by atoms with Crippen LogP contribution >= 0.6 is 0 Å². The molecular formula is C12H20N4O5. The van der Waals surface area contributed by atoms with Crippen LogP contribution in [-0.2, 0) is 19.2 Å². The van der Waals surface area contributed by atoms with E-state index < -0.39 is 35.8 Å². The maximum Gasteiger partial charge on any atom is 0.325 e. The van der Waals surface area contributed by atoms with Gasteiger partial charge in [-0.3, -0.25) is 19.2 Å². The Bertz CT molecular complexity index is 439. The molecular weight excluding hydrogens is 280 g/mol. The summed E-state index contributed by atoms with van der Waals surface area (Å²) in [5, 5.41) is 13.5. The fraction of sp³-hybridized carbons (Fsp3) is 0.667. The number of carboxylic acid groups (broad SMARTS) is 1. The Balaban J connectivity index is 2.58. The number of rotatable bonds is 6. The number of nitrogens with one attached hydrogen (secondary N) is 2. The van der Waals surface area contributed by atoms with Crippen LogP contribution in [0.4, 0.5) is 0 Å². The first kappa shape index (κ1) is 16.9. The molecule has 5 N–H and O–H groups in total. The largest absolute Gasteiger partial charge is 0.480 e. The number of amides is 3. The fourth-order valence-corrected chi connectivity index (χ4v) is 2.06. The van der Waals surface area contributed by atoms with Crippen molar-refractivity contribution in [3.8, 4) is 0 Å². The van der Waals surface area contributed by atoms with E-state index in [1.807, 2.05) is 0 Å². The minimum absolute atomic E-state index is 0.215. The van der Waals surface area contributed by atoms with E-state index in [1.54, 1.807) is 0 Å². The van der Waals surface area contributed by atoms with Crippen LogP contribution in [0.2, 0.25) is 0 Å². The molecule has 0 aromatic heterocycles. The number of nitrogens with two attached hydrogens (primary N) is 1. The summed E-state index contributed by atoms with van der Waals surface area (Å²) in [6.45, 7) is 1.31. The van der Waals surface area contributed by atoms with Crippen molar-refractivity contribution in [2.75, 3.05) is 19.6 Å². The van der Waals surface area contributed by atoms with Gasteiger partial charge < -0.3 is 26.4 Å². The van der Waals surface area contributed by atoms with Gasteiger partial charge in [0.2, 0.25) is 17.7 Å². The third-order valence-electron chi connectivity index (χ3n) is 3.23. The van der Waals surface area contributed by atoms with Crippen molar-refractivity contribution in [1.82, 2.24) is 15.5 Å². The topological polar surface area (TPSA) is 142 Å². The zero-order valence-electron chi connectivity index (χ0n) is 11.8. The predicted molar refractivity (Wildman–Crippen MR) is 72.0 cm³/mol. The maximum atomic E-state index is 12.0. The summed E-state index contributed by atoms with van der Waals surface area (Å²) in [5.74, 6) is -2.49. The molecule has 0 bridgehead atoms. The fourth-order valence-electron chi connectivity index (χ4n) is 2.06. The van der Waals surface area contributed by atoms with Crippen LogP contribution in [0, 0.1) is 0 Å². The molecule has 9 heteroatoms. The second kappa shape index (κ2) is 7.58. The molecule has 0 radical (unpaired) electrons. The number of aliphatic carboxylic acids is 1. The minimum atomic E-state index is -1.14. The van der Waals surface area contributed by atoms with E-state index in [4.69, 9.17) is 10.8 Å². The van der Waals surface area contributed by atoms with E-state index in [9.17, 15) is 19.2 Å².